The van der Waals surface area contributed by atoms with E-state index in [1.807, 2.05) is 54.6 Å². The van der Waals surface area contributed by atoms with Crippen LogP contribution in [0.5, 0.6) is 0 Å². The summed E-state index contributed by atoms with van der Waals surface area (Å²) in [5.74, 6) is 0.0102. The van der Waals surface area contributed by atoms with E-state index in [4.69, 9.17) is 4.74 Å². The number of hydrogen-bond donors (Lipinski definition) is 0. The van der Waals surface area contributed by atoms with Gasteiger partial charge in [0.1, 0.15) is 0 Å². The summed E-state index contributed by atoms with van der Waals surface area (Å²) in [6.07, 6.45) is -0.296. The number of ether oxygens (including phenoxy) is 1. The molecule has 0 saturated carbocycles. The second-order valence-corrected chi connectivity index (χ2v) is 5.55. The van der Waals surface area contributed by atoms with E-state index in [0.717, 1.165) is 10.0 Å². The highest BCUT2D eigenvalue weighted by atomic mass is 79.9. The molecule has 0 bridgehead atoms. The van der Waals surface area contributed by atoms with Gasteiger partial charge in [-0.15, -0.1) is 0 Å². The van der Waals surface area contributed by atoms with E-state index in [1.165, 1.54) is 0 Å². The molecule has 0 spiro atoms. The van der Waals surface area contributed by atoms with E-state index >= 15 is 0 Å². The molecule has 0 unspecified atom stereocenters. The quantitative estimate of drug-likeness (QED) is 0.841. The lowest BCUT2D eigenvalue weighted by Gasteiger charge is -2.23. The minimum Gasteiger partial charge on any atom is -0.352 e. The largest absolute Gasteiger partial charge is 0.352 e. The first-order valence-electron chi connectivity index (χ1n) is 6.49. The summed E-state index contributed by atoms with van der Waals surface area (Å²) in [5, 5.41) is 0. The van der Waals surface area contributed by atoms with Gasteiger partial charge in [0.2, 0.25) is 0 Å². The molecular weight excluding hydrogens is 318 g/mol. The topological polar surface area (TPSA) is 29.5 Å². The third-order valence-electron chi connectivity index (χ3n) is 3.33. The van der Waals surface area contributed by atoms with Crippen molar-refractivity contribution in [3.63, 3.8) is 0 Å². The highest BCUT2D eigenvalue weighted by molar-refractivity contribution is 9.10. The van der Waals surface area contributed by atoms with Crippen LogP contribution in [0.2, 0.25) is 0 Å². The molecule has 2 aromatic rings. The van der Waals surface area contributed by atoms with Crippen molar-refractivity contribution in [2.45, 2.75) is 6.23 Å². The zero-order valence-corrected chi connectivity index (χ0v) is 12.4. The summed E-state index contributed by atoms with van der Waals surface area (Å²) in [5.41, 5.74) is 1.69. The summed E-state index contributed by atoms with van der Waals surface area (Å²) >= 11 is 3.41. The van der Waals surface area contributed by atoms with Crippen molar-refractivity contribution >= 4 is 21.8 Å². The first kappa shape index (κ1) is 13.3. The Morgan fingerprint density at radius 1 is 1.10 bits per heavy atom. The second-order valence-electron chi connectivity index (χ2n) is 4.64. The fourth-order valence-corrected chi connectivity index (χ4v) is 2.59. The number of nitrogens with zero attached hydrogens (tertiary/aromatic N) is 1. The van der Waals surface area contributed by atoms with Crippen LogP contribution in [0.4, 0.5) is 0 Å². The smallest absolute Gasteiger partial charge is 0.256 e. The Morgan fingerprint density at radius 3 is 2.50 bits per heavy atom. The molecule has 1 fully saturated rings. The Labute approximate surface area is 126 Å². The number of hydrogen-bond acceptors (Lipinski definition) is 2. The highest BCUT2D eigenvalue weighted by Gasteiger charge is 2.31. The van der Waals surface area contributed by atoms with Gasteiger partial charge >= 0.3 is 0 Å². The molecule has 1 saturated heterocycles. The predicted octanol–water partition coefficient (Wildman–Crippen LogP) is 3.62. The van der Waals surface area contributed by atoms with E-state index in [9.17, 15) is 4.79 Å². The Bertz CT molecular complexity index is 598. The van der Waals surface area contributed by atoms with Gasteiger partial charge in [0.25, 0.3) is 5.91 Å². The number of halogens is 1. The van der Waals surface area contributed by atoms with E-state index in [-0.39, 0.29) is 12.1 Å². The molecule has 1 aliphatic rings. The molecule has 0 radical (unpaired) electrons. The van der Waals surface area contributed by atoms with Crippen LogP contribution < -0.4 is 0 Å². The zero-order valence-electron chi connectivity index (χ0n) is 10.8. The van der Waals surface area contributed by atoms with Gasteiger partial charge in [0.15, 0.2) is 6.23 Å². The van der Waals surface area contributed by atoms with Gasteiger partial charge < -0.3 is 9.64 Å². The first-order chi connectivity index (χ1) is 9.75. The Balaban J connectivity index is 1.86. The van der Waals surface area contributed by atoms with Gasteiger partial charge in [0, 0.05) is 22.1 Å². The summed E-state index contributed by atoms with van der Waals surface area (Å²) in [6, 6.07) is 17.2. The molecule has 0 N–H and O–H groups in total. The molecule has 3 nitrogen and oxygen atoms in total. The van der Waals surface area contributed by atoms with Crippen molar-refractivity contribution in [2.75, 3.05) is 13.2 Å². The molecule has 102 valence electrons. The van der Waals surface area contributed by atoms with Crippen molar-refractivity contribution in [3.05, 3.63) is 70.2 Å². The van der Waals surface area contributed by atoms with Crippen LogP contribution in [0.25, 0.3) is 0 Å². The van der Waals surface area contributed by atoms with Gasteiger partial charge in [-0.1, -0.05) is 46.3 Å². The number of carbonyl (C=O) groups excluding carboxylic acids is 1. The molecule has 0 aromatic heterocycles. The van der Waals surface area contributed by atoms with Crippen molar-refractivity contribution in [1.82, 2.24) is 4.90 Å². The van der Waals surface area contributed by atoms with Crippen molar-refractivity contribution < 1.29 is 9.53 Å². The van der Waals surface area contributed by atoms with Crippen LogP contribution >= 0.6 is 15.9 Å². The summed E-state index contributed by atoms with van der Waals surface area (Å²) < 4.78 is 6.74. The zero-order chi connectivity index (χ0) is 13.9. The van der Waals surface area contributed by atoms with Crippen molar-refractivity contribution in [1.29, 1.82) is 0 Å². The average Bonchev–Trinajstić information content (AvgIpc) is 2.97. The SMILES string of the molecule is O=C(c1ccccc1)N1CCO[C@@H]1c1ccc(Br)cc1. The van der Waals surface area contributed by atoms with Gasteiger partial charge in [-0.2, -0.15) is 0 Å². The van der Waals surface area contributed by atoms with Crippen LogP contribution in [0.3, 0.4) is 0 Å². The third kappa shape index (κ3) is 2.62. The van der Waals surface area contributed by atoms with Crippen LogP contribution in [-0.2, 0) is 4.74 Å². The Hall–Kier alpha value is -1.65. The second kappa shape index (κ2) is 5.77. The van der Waals surface area contributed by atoms with Gasteiger partial charge in [-0.25, -0.2) is 0 Å². The Kier molecular flexibility index (Phi) is 3.85. The standard InChI is InChI=1S/C16H14BrNO2/c17-14-8-6-13(7-9-14)16-18(10-11-20-16)15(19)12-4-2-1-3-5-12/h1-9,16H,10-11H2/t16-/m1/s1. The fourth-order valence-electron chi connectivity index (χ4n) is 2.33. The molecular formula is C16H14BrNO2. The molecule has 4 heteroatoms. The monoisotopic (exact) mass is 331 g/mol. The third-order valence-corrected chi connectivity index (χ3v) is 3.86. The molecule has 1 heterocycles. The lowest BCUT2D eigenvalue weighted by molar-refractivity contribution is 0.0272. The van der Waals surface area contributed by atoms with Crippen LogP contribution in [0.1, 0.15) is 22.1 Å². The van der Waals surface area contributed by atoms with Gasteiger partial charge in [-0.05, 0) is 24.3 Å². The highest BCUT2D eigenvalue weighted by Crippen LogP contribution is 2.29. The lowest BCUT2D eigenvalue weighted by atomic mass is 10.1. The van der Waals surface area contributed by atoms with E-state index in [1.54, 1.807) is 4.90 Å². The number of amides is 1. The van der Waals surface area contributed by atoms with Crippen molar-refractivity contribution in [3.8, 4) is 0 Å². The summed E-state index contributed by atoms with van der Waals surface area (Å²) in [6.45, 7) is 1.19. The molecule has 1 atom stereocenters. The molecule has 20 heavy (non-hydrogen) atoms. The fraction of sp³-hybridized carbons (Fsp3) is 0.188. The van der Waals surface area contributed by atoms with E-state index < -0.39 is 0 Å². The van der Waals surface area contributed by atoms with Crippen LogP contribution in [0, 0.1) is 0 Å². The van der Waals surface area contributed by atoms with Crippen molar-refractivity contribution in [2.24, 2.45) is 0 Å². The van der Waals surface area contributed by atoms with Gasteiger partial charge in [0.05, 0.1) is 6.61 Å². The maximum atomic E-state index is 12.5. The molecule has 1 aliphatic heterocycles. The van der Waals surface area contributed by atoms with Crippen LogP contribution in [-0.4, -0.2) is 24.0 Å². The minimum absolute atomic E-state index is 0.0102. The maximum Gasteiger partial charge on any atom is 0.256 e. The summed E-state index contributed by atoms with van der Waals surface area (Å²) in [4.78, 5) is 14.3. The molecule has 1 amide bonds. The number of carbonyl (C=O) groups is 1. The minimum atomic E-state index is -0.296. The molecule has 0 aliphatic carbocycles. The maximum absolute atomic E-state index is 12.5. The first-order valence-corrected chi connectivity index (χ1v) is 7.28. The summed E-state index contributed by atoms with van der Waals surface area (Å²) in [7, 11) is 0. The van der Waals surface area contributed by atoms with Gasteiger partial charge in [-0.3, -0.25) is 4.79 Å². The Morgan fingerprint density at radius 2 is 1.80 bits per heavy atom. The lowest BCUT2D eigenvalue weighted by Crippen LogP contribution is -2.31. The number of benzene rings is 2. The predicted molar refractivity (Wildman–Crippen MR) is 80.3 cm³/mol. The number of rotatable bonds is 2. The molecule has 2 aromatic carbocycles. The molecule has 3 rings (SSSR count). The average molecular weight is 332 g/mol. The van der Waals surface area contributed by atoms with Crippen LogP contribution in [0.15, 0.2) is 59.1 Å². The van der Waals surface area contributed by atoms with E-state index in [2.05, 4.69) is 15.9 Å². The van der Waals surface area contributed by atoms with E-state index in [0.29, 0.717) is 18.7 Å². The normalized spacial score (nSPS) is 18.2.